The maximum atomic E-state index is 6.20. The van der Waals surface area contributed by atoms with Gasteiger partial charge in [0.15, 0.2) is 0 Å². The monoisotopic (exact) mass is 359 g/mol. The second-order valence-corrected chi connectivity index (χ2v) is 7.03. The molecule has 2 rings (SSSR count). The number of methoxy groups -OCH3 is 1. The standard InChI is InChI=1S/C14H15BrClNOS/c1-8-6-12(19-14(8)15)13(17-2)9-4-5-11(18-3)10(16)7-9/h4-7,13,17H,1-3H3. The van der Waals surface area contributed by atoms with E-state index in [0.29, 0.717) is 10.8 Å². The van der Waals surface area contributed by atoms with Crippen molar-refractivity contribution >= 4 is 38.9 Å². The molecule has 102 valence electrons. The van der Waals surface area contributed by atoms with E-state index in [9.17, 15) is 0 Å². The van der Waals surface area contributed by atoms with Crippen LogP contribution in [0.5, 0.6) is 5.75 Å². The largest absolute Gasteiger partial charge is 0.495 e. The highest BCUT2D eigenvalue weighted by atomic mass is 79.9. The van der Waals surface area contributed by atoms with Gasteiger partial charge in [-0.3, -0.25) is 0 Å². The van der Waals surface area contributed by atoms with Crippen molar-refractivity contribution < 1.29 is 4.74 Å². The van der Waals surface area contributed by atoms with Crippen LogP contribution in [0.25, 0.3) is 0 Å². The van der Waals surface area contributed by atoms with Gasteiger partial charge in [0.25, 0.3) is 0 Å². The van der Waals surface area contributed by atoms with E-state index in [1.807, 2.05) is 25.2 Å². The number of aryl methyl sites for hydroxylation is 1. The lowest BCUT2D eigenvalue weighted by atomic mass is 10.0. The number of ether oxygens (including phenoxy) is 1. The molecule has 0 fully saturated rings. The van der Waals surface area contributed by atoms with Gasteiger partial charge >= 0.3 is 0 Å². The summed E-state index contributed by atoms with van der Waals surface area (Å²) < 4.78 is 6.35. The first-order chi connectivity index (χ1) is 9.06. The highest BCUT2D eigenvalue weighted by Crippen LogP contribution is 2.36. The van der Waals surface area contributed by atoms with E-state index in [1.54, 1.807) is 18.4 Å². The third kappa shape index (κ3) is 3.14. The minimum atomic E-state index is 0.137. The van der Waals surface area contributed by atoms with Crippen LogP contribution in [0, 0.1) is 6.92 Å². The van der Waals surface area contributed by atoms with E-state index < -0.39 is 0 Å². The summed E-state index contributed by atoms with van der Waals surface area (Å²) in [7, 11) is 3.57. The van der Waals surface area contributed by atoms with Gasteiger partial charge in [-0.2, -0.15) is 0 Å². The van der Waals surface area contributed by atoms with E-state index in [1.165, 1.54) is 14.2 Å². The number of rotatable bonds is 4. The van der Waals surface area contributed by atoms with Crippen molar-refractivity contribution in [3.8, 4) is 5.75 Å². The first-order valence-corrected chi connectivity index (χ1v) is 7.82. The van der Waals surface area contributed by atoms with Crippen LogP contribution in [-0.2, 0) is 0 Å². The predicted molar refractivity (Wildman–Crippen MR) is 85.7 cm³/mol. The molecule has 0 aliphatic rings. The van der Waals surface area contributed by atoms with E-state index in [2.05, 4.69) is 34.2 Å². The average Bonchev–Trinajstić information content (AvgIpc) is 2.70. The lowest BCUT2D eigenvalue weighted by Gasteiger charge is -2.16. The lowest BCUT2D eigenvalue weighted by Crippen LogP contribution is -2.16. The van der Waals surface area contributed by atoms with Crippen LogP contribution in [0.4, 0.5) is 0 Å². The van der Waals surface area contributed by atoms with Crippen molar-refractivity contribution in [1.82, 2.24) is 5.32 Å². The van der Waals surface area contributed by atoms with E-state index in [0.717, 1.165) is 5.56 Å². The maximum Gasteiger partial charge on any atom is 0.137 e. The van der Waals surface area contributed by atoms with Gasteiger partial charge in [0.1, 0.15) is 5.75 Å². The molecule has 1 aromatic carbocycles. The van der Waals surface area contributed by atoms with Gasteiger partial charge in [-0.15, -0.1) is 11.3 Å². The van der Waals surface area contributed by atoms with Crippen molar-refractivity contribution in [3.05, 3.63) is 49.1 Å². The highest BCUT2D eigenvalue weighted by molar-refractivity contribution is 9.11. The smallest absolute Gasteiger partial charge is 0.137 e. The van der Waals surface area contributed by atoms with E-state index in [4.69, 9.17) is 16.3 Å². The Labute approximate surface area is 130 Å². The van der Waals surface area contributed by atoms with Crippen LogP contribution in [0.3, 0.4) is 0 Å². The van der Waals surface area contributed by atoms with Gasteiger partial charge in [0.2, 0.25) is 0 Å². The Morgan fingerprint density at radius 1 is 1.37 bits per heavy atom. The zero-order chi connectivity index (χ0) is 14.0. The summed E-state index contributed by atoms with van der Waals surface area (Å²) in [5, 5.41) is 3.96. The zero-order valence-corrected chi connectivity index (χ0v) is 14.1. The maximum absolute atomic E-state index is 6.20. The Balaban J connectivity index is 2.39. The van der Waals surface area contributed by atoms with Gasteiger partial charge in [-0.25, -0.2) is 0 Å². The number of hydrogen-bond acceptors (Lipinski definition) is 3. The lowest BCUT2D eigenvalue weighted by molar-refractivity contribution is 0.414. The fraction of sp³-hybridized carbons (Fsp3) is 0.286. The number of hydrogen-bond donors (Lipinski definition) is 1. The van der Waals surface area contributed by atoms with Crippen molar-refractivity contribution in [2.24, 2.45) is 0 Å². The summed E-state index contributed by atoms with van der Waals surface area (Å²) in [5.41, 5.74) is 2.38. The summed E-state index contributed by atoms with van der Waals surface area (Å²) in [6.45, 7) is 2.10. The van der Waals surface area contributed by atoms with Crippen molar-refractivity contribution in [2.45, 2.75) is 13.0 Å². The molecule has 0 aliphatic heterocycles. The molecule has 0 spiro atoms. The quantitative estimate of drug-likeness (QED) is 0.846. The fourth-order valence-electron chi connectivity index (χ4n) is 1.96. The van der Waals surface area contributed by atoms with Crippen molar-refractivity contribution in [3.63, 3.8) is 0 Å². The summed E-state index contributed by atoms with van der Waals surface area (Å²) in [6.07, 6.45) is 0. The SMILES string of the molecule is CNC(c1ccc(OC)c(Cl)c1)c1cc(C)c(Br)s1. The molecule has 0 aliphatic carbocycles. The summed E-state index contributed by atoms with van der Waals surface area (Å²) in [6, 6.07) is 8.21. The Morgan fingerprint density at radius 3 is 2.58 bits per heavy atom. The number of halogens is 2. The molecule has 1 unspecified atom stereocenters. The van der Waals surface area contributed by atoms with Crippen LogP contribution in [0.15, 0.2) is 28.1 Å². The normalized spacial score (nSPS) is 12.5. The third-order valence-electron chi connectivity index (χ3n) is 2.96. The second-order valence-electron chi connectivity index (χ2n) is 4.22. The topological polar surface area (TPSA) is 21.3 Å². The highest BCUT2D eigenvalue weighted by Gasteiger charge is 2.17. The molecule has 0 amide bonds. The molecule has 1 heterocycles. The van der Waals surface area contributed by atoms with Gasteiger partial charge in [-0.1, -0.05) is 17.7 Å². The van der Waals surface area contributed by atoms with Crippen LogP contribution in [0.1, 0.15) is 22.0 Å². The first-order valence-electron chi connectivity index (χ1n) is 5.83. The minimum absolute atomic E-state index is 0.137. The van der Waals surface area contributed by atoms with Gasteiger partial charge in [0.05, 0.1) is 22.0 Å². The molecule has 2 nitrogen and oxygen atoms in total. The molecule has 19 heavy (non-hydrogen) atoms. The molecule has 1 atom stereocenters. The Kier molecular flexibility index (Phi) is 4.90. The Bertz CT molecular complexity index is 565. The fourth-order valence-corrected chi connectivity index (χ4v) is 3.94. The molecule has 0 saturated heterocycles. The minimum Gasteiger partial charge on any atom is -0.495 e. The van der Waals surface area contributed by atoms with Crippen LogP contribution >= 0.6 is 38.9 Å². The predicted octanol–water partition coefficient (Wildman–Crippen LogP) is 4.79. The number of benzene rings is 1. The van der Waals surface area contributed by atoms with E-state index >= 15 is 0 Å². The van der Waals surface area contributed by atoms with Crippen molar-refractivity contribution in [1.29, 1.82) is 0 Å². The van der Waals surface area contributed by atoms with Crippen LogP contribution < -0.4 is 10.1 Å². The molecule has 1 aromatic heterocycles. The average molecular weight is 361 g/mol. The van der Waals surface area contributed by atoms with E-state index in [-0.39, 0.29) is 6.04 Å². The molecule has 5 heteroatoms. The molecule has 0 saturated carbocycles. The molecular formula is C14H15BrClNOS. The summed E-state index contributed by atoms with van der Waals surface area (Å²) >= 11 is 11.5. The summed E-state index contributed by atoms with van der Waals surface area (Å²) in [4.78, 5) is 1.26. The number of nitrogens with one attached hydrogen (secondary N) is 1. The first kappa shape index (κ1) is 14.9. The Hall–Kier alpha value is -0.550. The van der Waals surface area contributed by atoms with Gasteiger partial charge in [-0.05, 0) is 59.2 Å². The molecule has 0 radical (unpaired) electrons. The second kappa shape index (κ2) is 6.27. The Morgan fingerprint density at radius 2 is 2.11 bits per heavy atom. The summed E-state index contributed by atoms with van der Waals surface area (Å²) in [5.74, 6) is 0.698. The number of thiophene rings is 1. The van der Waals surface area contributed by atoms with Gasteiger partial charge < -0.3 is 10.1 Å². The van der Waals surface area contributed by atoms with Crippen LogP contribution in [0.2, 0.25) is 5.02 Å². The molecule has 2 aromatic rings. The van der Waals surface area contributed by atoms with Crippen molar-refractivity contribution in [2.75, 3.05) is 14.2 Å². The molecule has 1 N–H and O–H groups in total. The van der Waals surface area contributed by atoms with Crippen LogP contribution in [-0.4, -0.2) is 14.2 Å². The van der Waals surface area contributed by atoms with Gasteiger partial charge in [0, 0.05) is 4.88 Å². The molecular weight excluding hydrogens is 346 g/mol. The zero-order valence-electron chi connectivity index (χ0n) is 11.0. The molecule has 0 bridgehead atoms. The third-order valence-corrected chi connectivity index (χ3v) is 5.46.